The fourth-order valence-corrected chi connectivity index (χ4v) is 4.04. The molecule has 210 valence electrons. The first-order chi connectivity index (χ1) is 17.2. The van der Waals surface area contributed by atoms with Crippen LogP contribution in [0.25, 0.3) is 0 Å². The largest absolute Gasteiger partial charge is 0.448 e. The number of amides is 1. The van der Waals surface area contributed by atoms with Crippen LogP contribution in [0.15, 0.2) is 24.3 Å². The first-order valence-electron chi connectivity index (χ1n) is 13.7. The van der Waals surface area contributed by atoms with E-state index < -0.39 is 10.4 Å². The van der Waals surface area contributed by atoms with Crippen molar-refractivity contribution >= 4 is 22.0 Å². The van der Waals surface area contributed by atoms with Gasteiger partial charge >= 0.3 is 10.4 Å². The summed E-state index contributed by atoms with van der Waals surface area (Å²) in [4.78, 5) is 14.0. The van der Waals surface area contributed by atoms with Crippen LogP contribution in [0.1, 0.15) is 110 Å². The van der Waals surface area contributed by atoms with Crippen molar-refractivity contribution in [1.82, 2.24) is 4.90 Å². The predicted molar refractivity (Wildman–Crippen MR) is 151 cm³/mol. The molecular weight excluding hydrogens is 476 g/mol. The number of unbranched alkanes of at least 4 members (excludes halogenated alkanes) is 14. The Bertz CT molecular complexity index is 749. The van der Waals surface area contributed by atoms with Crippen LogP contribution in [0.2, 0.25) is 0 Å². The molecule has 0 aliphatic carbocycles. The molecule has 0 spiro atoms. The highest BCUT2D eigenvalue weighted by Crippen LogP contribution is 2.18. The van der Waals surface area contributed by atoms with E-state index in [0.717, 1.165) is 20.0 Å². The molecule has 0 saturated carbocycles. The Morgan fingerprint density at radius 2 is 1.14 bits per heavy atom. The Morgan fingerprint density at radius 3 is 1.53 bits per heavy atom. The van der Waals surface area contributed by atoms with E-state index in [9.17, 15) is 13.2 Å². The summed E-state index contributed by atoms with van der Waals surface area (Å²) >= 11 is 0. The summed E-state index contributed by atoms with van der Waals surface area (Å²) in [5.41, 5.74) is 0.609. The van der Waals surface area contributed by atoms with Gasteiger partial charge in [-0.3, -0.25) is 4.79 Å². The lowest BCUT2D eigenvalue weighted by Crippen LogP contribution is -2.12. The van der Waals surface area contributed by atoms with Crippen molar-refractivity contribution < 1.29 is 21.6 Å². The number of carbonyl (C=O) groups excluding carboxylic acids is 1. The molecule has 1 aromatic carbocycles. The number of rotatable bonds is 20. The lowest BCUT2D eigenvalue weighted by Gasteiger charge is -2.07. The average Bonchev–Trinajstić information content (AvgIpc) is 2.82. The predicted octanol–water partition coefficient (Wildman–Crippen LogP) is 7.33. The third-order valence-electron chi connectivity index (χ3n) is 5.55. The minimum atomic E-state index is -4.03. The van der Waals surface area contributed by atoms with Crippen LogP contribution in [0, 0.1) is 0 Å². The maximum atomic E-state index is 12.0. The third-order valence-corrected chi connectivity index (χ3v) is 6.35. The second-order valence-corrected chi connectivity index (χ2v) is 11.1. The van der Waals surface area contributed by atoms with Gasteiger partial charge in [-0.1, -0.05) is 96.8 Å². The van der Waals surface area contributed by atoms with E-state index >= 15 is 0 Å². The van der Waals surface area contributed by atoms with Gasteiger partial charge in [0.2, 0.25) is 5.91 Å². The molecule has 0 bridgehead atoms. The van der Waals surface area contributed by atoms with Gasteiger partial charge in [0.25, 0.3) is 0 Å². The van der Waals surface area contributed by atoms with Gasteiger partial charge in [0.15, 0.2) is 0 Å². The normalized spacial score (nSPS) is 11.2. The van der Waals surface area contributed by atoms with Crippen molar-refractivity contribution in [3.63, 3.8) is 0 Å². The van der Waals surface area contributed by atoms with E-state index in [1.54, 1.807) is 12.1 Å². The topological polar surface area (TPSA) is 84.9 Å². The Labute approximate surface area is 221 Å². The summed E-state index contributed by atoms with van der Waals surface area (Å²) in [6, 6.07) is 6.15. The highest BCUT2D eigenvalue weighted by atomic mass is 32.3. The van der Waals surface area contributed by atoms with Crippen molar-refractivity contribution in [1.29, 1.82) is 0 Å². The Hall–Kier alpha value is -1.64. The van der Waals surface area contributed by atoms with Gasteiger partial charge in [0, 0.05) is 12.1 Å². The maximum Gasteiger partial charge on any atom is 0.448 e. The van der Waals surface area contributed by atoms with Crippen molar-refractivity contribution in [2.24, 2.45) is 0 Å². The first-order valence-corrected chi connectivity index (χ1v) is 15.0. The number of carbonyl (C=O) groups is 1. The molecular formula is C28H52N2O5S. The van der Waals surface area contributed by atoms with Crippen LogP contribution in [0.5, 0.6) is 5.75 Å². The molecule has 0 fully saturated rings. The summed E-state index contributed by atoms with van der Waals surface area (Å²) in [5.74, 6) is 0.102. The van der Waals surface area contributed by atoms with Crippen molar-refractivity contribution in [2.75, 3.05) is 33.6 Å². The van der Waals surface area contributed by atoms with Crippen molar-refractivity contribution in [3.8, 4) is 5.75 Å². The minimum Gasteiger partial charge on any atom is -0.362 e. The second kappa shape index (κ2) is 22.5. The number of hydrogen-bond acceptors (Lipinski definition) is 6. The van der Waals surface area contributed by atoms with Gasteiger partial charge in [-0.05, 0) is 51.8 Å². The fourth-order valence-electron chi connectivity index (χ4n) is 3.63. The third kappa shape index (κ3) is 22.8. The van der Waals surface area contributed by atoms with Crippen molar-refractivity contribution in [3.05, 3.63) is 24.3 Å². The van der Waals surface area contributed by atoms with Crippen LogP contribution in [-0.4, -0.2) is 47.5 Å². The molecule has 0 unspecified atom stereocenters. The zero-order chi connectivity index (χ0) is 27.1. The smallest absolute Gasteiger partial charge is 0.362 e. The van der Waals surface area contributed by atoms with E-state index in [1.807, 2.05) is 26.0 Å². The van der Waals surface area contributed by atoms with E-state index in [2.05, 4.69) is 16.4 Å². The molecule has 0 saturated heterocycles. The molecule has 0 heterocycles. The highest BCUT2D eigenvalue weighted by molar-refractivity contribution is 7.82. The van der Waals surface area contributed by atoms with Crippen LogP contribution in [0.3, 0.4) is 0 Å². The van der Waals surface area contributed by atoms with Gasteiger partial charge in [0.1, 0.15) is 5.75 Å². The lowest BCUT2D eigenvalue weighted by atomic mass is 10.0. The number of benzene rings is 1. The molecule has 1 aromatic rings. The SMILES string of the molecule is CCCCCCCCCCCCCCCCCC(=O)Nc1ccc(OS(=O)(=O)OC)cc1.CN(C)C. The van der Waals surface area contributed by atoms with Gasteiger partial charge in [-0.15, -0.1) is 0 Å². The molecule has 0 aliphatic rings. The average molecular weight is 529 g/mol. The van der Waals surface area contributed by atoms with Crippen LogP contribution in [0.4, 0.5) is 5.69 Å². The van der Waals surface area contributed by atoms with E-state index in [1.165, 1.54) is 95.6 Å². The van der Waals surface area contributed by atoms with E-state index in [4.69, 9.17) is 4.18 Å². The van der Waals surface area contributed by atoms with Crippen LogP contribution in [-0.2, 0) is 19.4 Å². The molecule has 0 aromatic heterocycles. The summed E-state index contributed by atoms with van der Waals surface area (Å²) in [5, 5.41) is 2.82. The van der Waals surface area contributed by atoms with E-state index in [0.29, 0.717) is 12.1 Å². The molecule has 36 heavy (non-hydrogen) atoms. The second-order valence-electron chi connectivity index (χ2n) is 9.77. The Morgan fingerprint density at radius 1 is 0.750 bits per heavy atom. The van der Waals surface area contributed by atoms with Gasteiger partial charge in [-0.2, -0.15) is 8.42 Å². The maximum absolute atomic E-state index is 12.0. The monoisotopic (exact) mass is 528 g/mol. The molecule has 0 atom stereocenters. The van der Waals surface area contributed by atoms with Crippen LogP contribution >= 0.6 is 0 Å². The number of anilines is 1. The molecule has 1 amide bonds. The molecule has 0 radical (unpaired) electrons. The molecule has 1 rings (SSSR count). The Kier molecular flexibility index (Phi) is 21.5. The molecule has 8 heteroatoms. The first kappa shape index (κ1) is 34.4. The van der Waals surface area contributed by atoms with Crippen LogP contribution < -0.4 is 9.50 Å². The van der Waals surface area contributed by atoms with Gasteiger partial charge in [-0.25, -0.2) is 4.18 Å². The van der Waals surface area contributed by atoms with Gasteiger partial charge in [0.05, 0.1) is 7.11 Å². The number of hydrogen-bond donors (Lipinski definition) is 1. The zero-order valence-corrected chi connectivity index (χ0v) is 24.3. The molecule has 0 aliphatic heterocycles. The van der Waals surface area contributed by atoms with E-state index in [-0.39, 0.29) is 11.7 Å². The summed E-state index contributed by atoms with van der Waals surface area (Å²) in [7, 11) is 3.00. The summed E-state index contributed by atoms with van der Waals surface area (Å²) < 4.78 is 31.4. The molecule has 7 nitrogen and oxygen atoms in total. The van der Waals surface area contributed by atoms with Crippen molar-refractivity contribution in [2.45, 2.75) is 110 Å². The molecule has 1 N–H and O–H groups in total. The number of nitrogens with one attached hydrogen (secondary N) is 1. The minimum absolute atomic E-state index is 0.0297. The Balaban J connectivity index is 0.00000283. The summed E-state index contributed by atoms with van der Waals surface area (Å²) in [6.45, 7) is 2.26. The highest BCUT2D eigenvalue weighted by Gasteiger charge is 2.11. The number of nitrogens with zero attached hydrogens (tertiary/aromatic N) is 1. The standard InChI is InChI=1S/C25H43NO5S.C3H9N/c1-3-4-5-6-7-8-9-10-11-12-13-14-15-16-17-18-25(27)26-23-19-21-24(22-20-23)31-32(28,29)30-2;1-4(2)3/h19-22H,3-18H2,1-2H3,(H,26,27);1-3H3. The quantitative estimate of drug-likeness (QED) is 0.178. The van der Waals surface area contributed by atoms with Gasteiger partial charge < -0.3 is 14.4 Å². The fraction of sp³-hybridized carbons (Fsp3) is 0.750. The lowest BCUT2D eigenvalue weighted by molar-refractivity contribution is -0.116. The zero-order valence-electron chi connectivity index (χ0n) is 23.5. The summed E-state index contributed by atoms with van der Waals surface area (Å²) in [6.07, 6.45) is 20.0.